The molecule has 4 heteroatoms. The van der Waals surface area contributed by atoms with Crippen LogP contribution in [0.1, 0.15) is 32.3 Å². The van der Waals surface area contributed by atoms with E-state index in [2.05, 4.69) is 5.32 Å². The Labute approximate surface area is 121 Å². The van der Waals surface area contributed by atoms with Crippen molar-refractivity contribution < 1.29 is 14.6 Å². The number of carbonyl (C=O) groups excluding carboxylic acids is 1. The number of para-hydroxylation sites is 1. The predicted octanol–water partition coefficient (Wildman–Crippen LogP) is 2.29. The molecule has 0 aliphatic heterocycles. The van der Waals surface area contributed by atoms with Gasteiger partial charge >= 0.3 is 0 Å². The number of rotatable bonds is 8. The largest absolute Gasteiger partial charge is 0.493 e. The van der Waals surface area contributed by atoms with Crippen LogP contribution in [0.25, 0.3) is 0 Å². The Morgan fingerprint density at radius 2 is 2.05 bits per heavy atom. The molecule has 0 aliphatic rings. The lowest BCUT2D eigenvalue weighted by Crippen LogP contribution is -2.33. The van der Waals surface area contributed by atoms with E-state index >= 15 is 0 Å². The molecule has 2 N–H and O–H groups in total. The maximum absolute atomic E-state index is 11.6. The van der Waals surface area contributed by atoms with Crippen LogP contribution in [0.3, 0.4) is 0 Å². The van der Waals surface area contributed by atoms with E-state index in [1.165, 1.54) is 0 Å². The van der Waals surface area contributed by atoms with E-state index in [-0.39, 0.29) is 5.91 Å². The SMILES string of the molecule is Cc1ccccc1OCCC(=O)NCC(O)CC(C)C. The first-order valence-electron chi connectivity index (χ1n) is 7.12. The zero-order chi connectivity index (χ0) is 15.0. The molecule has 1 atom stereocenters. The Hall–Kier alpha value is -1.55. The van der Waals surface area contributed by atoms with E-state index in [0.717, 1.165) is 11.3 Å². The van der Waals surface area contributed by atoms with Crippen LogP contribution < -0.4 is 10.1 Å². The maximum atomic E-state index is 11.6. The number of benzene rings is 1. The second-order valence-corrected chi connectivity index (χ2v) is 5.45. The van der Waals surface area contributed by atoms with Crippen molar-refractivity contribution in [3.8, 4) is 5.75 Å². The molecule has 0 heterocycles. The van der Waals surface area contributed by atoms with Crippen molar-refractivity contribution in [2.45, 2.75) is 39.7 Å². The van der Waals surface area contributed by atoms with Crippen molar-refractivity contribution in [3.63, 3.8) is 0 Å². The highest BCUT2D eigenvalue weighted by atomic mass is 16.5. The van der Waals surface area contributed by atoms with Crippen molar-refractivity contribution in [1.29, 1.82) is 0 Å². The molecule has 0 saturated heterocycles. The van der Waals surface area contributed by atoms with Crippen LogP contribution in [0.2, 0.25) is 0 Å². The molecule has 0 aromatic heterocycles. The predicted molar refractivity (Wildman–Crippen MR) is 79.8 cm³/mol. The van der Waals surface area contributed by atoms with Gasteiger partial charge < -0.3 is 15.2 Å². The average Bonchev–Trinajstić information content (AvgIpc) is 2.38. The molecule has 20 heavy (non-hydrogen) atoms. The molecular formula is C16H25NO3. The monoisotopic (exact) mass is 279 g/mol. The number of aliphatic hydroxyl groups is 1. The highest BCUT2D eigenvalue weighted by Gasteiger charge is 2.09. The summed E-state index contributed by atoms with van der Waals surface area (Å²) >= 11 is 0. The van der Waals surface area contributed by atoms with Gasteiger partial charge in [0.1, 0.15) is 5.75 Å². The highest BCUT2D eigenvalue weighted by Crippen LogP contribution is 2.16. The molecule has 112 valence electrons. The molecule has 0 bridgehead atoms. The molecule has 0 fully saturated rings. The Morgan fingerprint density at radius 1 is 1.35 bits per heavy atom. The highest BCUT2D eigenvalue weighted by molar-refractivity contribution is 5.76. The van der Waals surface area contributed by atoms with Crippen molar-refractivity contribution in [1.82, 2.24) is 5.32 Å². The summed E-state index contributed by atoms with van der Waals surface area (Å²) in [6.45, 7) is 6.71. The van der Waals surface area contributed by atoms with E-state index in [1.54, 1.807) is 0 Å². The van der Waals surface area contributed by atoms with Gasteiger partial charge in [-0.15, -0.1) is 0 Å². The second kappa shape index (κ2) is 8.59. The van der Waals surface area contributed by atoms with Crippen LogP contribution in [0.4, 0.5) is 0 Å². The van der Waals surface area contributed by atoms with Gasteiger partial charge in [0.2, 0.25) is 5.91 Å². The van der Waals surface area contributed by atoms with Crippen LogP contribution in [-0.4, -0.2) is 30.3 Å². The number of aliphatic hydroxyl groups excluding tert-OH is 1. The fourth-order valence-electron chi connectivity index (χ4n) is 1.92. The first kappa shape index (κ1) is 16.5. The van der Waals surface area contributed by atoms with Gasteiger partial charge in [-0.3, -0.25) is 4.79 Å². The third kappa shape index (κ3) is 6.57. The molecular weight excluding hydrogens is 254 g/mol. The molecule has 0 spiro atoms. The lowest BCUT2D eigenvalue weighted by atomic mass is 10.1. The van der Waals surface area contributed by atoms with Gasteiger partial charge in [-0.2, -0.15) is 0 Å². The number of carbonyl (C=O) groups is 1. The summed E-state index contributed by atoms with van der Waals surface area (Å²) in [7, 11) is 0. The lowest BCUT2D eigenvalue weighted by molar-refractivity contribution is -0.122. The van der Waals surface area contributed by atoms with Crippen LogP contribution >= 0.6 is 0 Å². The van der Waals surface area contributed by atoms with E-state index in [1.807, 2.05) is 45.0 Å². The zero-order valence-corrected chi connectivity index (χ0v) is 12.6. The van der Waals surface area contributed by atoms with Gasteiger partial charge in [-0.25, -0.2) is 0 Å². The van der Waals surface area contributed by atoms with Crippen LogP contribution in [0.5, 0.6) is 5.75 Å². The summed E-state index contributed by atoms with van der Waals surface area (Å²) < 4.78 is 5.56. The van der Waals surface area contributed by atoms with Crippen LogP contribution in [0, 0.1) is 12.8 Å². The number of aryl methyl sites for hydroxylation is 1. The van der Waals surface area contributed by atoms with Crippen molar-refractivity contribution in [2.75, 3.05) is 13.2 Å². The topological polar surface area (TPSA) is 58.6 Å². The van der Waals surface area contributed by atoms with E-state index < -0.39 is 6.10 Å². The van der Waals surface area contributed by atoms with Crippen molar-refractivity contribution >= 4 is 5.91 Å². The number of ether oxygens (including phenoxy) is 1. The summed E-state index contributed by atoms with van der Waals surface area (Å²) in [5.74, 6) is 1.13. The maximum Gasteiger partial charge on any atom is 0.223 e. The van der Waals surface area contributed by atoms with Crippen molar-refractivity contribution in [3.05, 3.63) is 29.8 Å². The summed E-state index contributed by atoms with van der Waals surface area (Å²) in [5, 5.41) is 12.4. The molecule has 0 radical (unpaired) electrons. The summed E-state index contributed by atoms with van der Waals surface area (Å²) in [5.41, 5.74) is 1.06. The first-order chi connectivity index (χ1) is 9.49. The normalized spacial score (nSPS) is 12.2. The molecule has 4 nitrogen and oxygen atoms in total. The Morgan fingerprint density at radius 3 is 2.70 bits per heavy atom. The van der Waals surface area contributed by atoms with Gasteiger partial charge in [-0.1, -0.05) is 32.0 Å². The Bertz CT molecular complexity index is 418. The Balaban J connectivity index is 2.19. The van der Waals surface area contributed by atoms with E-state index in [9.17, 15) is 9.90 Å². The minimum Gasteiger partial charge on any atom is -0.493 e. The number of hydrogen-bond donors (Lipinski definition) is 2. The standard InChI is InChI=1S/C16H25NO3/c1-12(2)10-14(18)11-17-16(19)8-9-20-15-7-5-4-6-13(15)3/h4-7,12,14,18H,8-11H2,1-3H3,(H,17,19). The minimum atomic E-state index is -0.476. The summed E-state index contributed by atoms with van der Waals surface area (Å²) in [6.07, 6.45) is 0.513. The van der Waals surface area contributed by atoms with Crippen LogP contribution in [0.15, 0.2) is 24.3 Å². The fraction of sp³-hybridized carbons (Fsp3) is 0.562. The molecule has 1 amide bonds. The van der Waals surface area contributed by atoms with Gasteiger partial charge in [0.15, 0.2) is 0 Å². The molecule has 1 aromatic carbocycles. The fourth-order valence-corrected chi connectivity index (χ4v) is 1.92. The smallest absolute Gasteiger partial charge is 0.223 e. The van der Waals surface area contributed by atoms with Crippen LogP contribution in [-0.2, 0) is 4.79 Å². The van der Waals surface area contributed by atoms with Gasteiger partial charge in [0, 0.05) is 6.54 Å². The third-order valence-electron chi connectivity index (χ3n) is 2.96. The average molecular weight is 279 g/mol. The number of hydrogen-bond acceptors (Lipinski definition) is 3. The quantitative estimate of drug-likeness (QED) is 0.767. The Kier molecular flexibility index (Phi) is 7.09. The minimum absolute atomic E-state index is 0.0959. The third-order valence-corrected chi connectivity index (χ3v) is 2.96. The summed E-state index contributed by atoms with van der Waals surface area (Å²) in [4.78, 5) is 11.6. The molecule has 0 aliphatic carbocycles. The zero-order valence-electron chi connectivity index (χ0n) is 12.6. The van der Waals surface area contributed by atoms with E-state index in [4.69, 9.17) is 4.74 Å². The second-order valence-electron chi connectivity index (χ2n) is 5.45. The molecule has 0 saturated carbocycles. The molecule has 1 aromatic rings. The number of nitrogens with one attached hydrogen (secondary N) is 1. The van der Waals surface area contributed by atoms with E-state index in [0.29, 0.717) is 31.9 Å². The summed E-state index contributed by atoms with van der Waals surface area (Å²) in [6, 6.07) is 7.72. The first-order valence-corrected chi connectivity index (χ1v) is 7.12. The van der Waals surface area contributed by atoms with Crippen molar-refractivity contribution in [2.24, 2.45) is 5.92 Å². The number of amides is 1. The molecule has 1 rings (SSSR count). The molecule has 1 unspecified atom stereocenters. The van der Waals surface area contributed by atoms with Gasteiger partial charge in [0.05, 0.1) is 19.1 Å². The van der Waals surface area contributed by atoms with Gasteiger partial charge in [-0.05, 0) is 30.9 Å². The lowest BCUT2D eigenvalue weighted by Gasteiger charge is -2.14. The van der Waals surface area contributed by atoms with Gasteiger partial charge in [0.25, 0.3) is 0 Å².